The minimum absolute atomic E-state index is 0.0202. The number of carbonyl (C=O) groups is 2. The maximum Gasteiger partial charge on any atom is 0.280 e. The molecule has 0 aliphatic heterocycles. The van der Waals surface area contributed by atoms with Crippen LogP contribution in [0.3, 0.4) is 0 Å². The SMILES string of the molecule is CCOc1ccc(NC(=O)Cn2nnc(C(=O)Nc3ccccc3OCC)c2N)cc1. The lowest BCUT2D eigenvalue weighted by Gasteiger charge is -2.10. The Kier molecular flexibility index (Phi) is 7.05. The lowest BCUT2D eigenvalue weighted by Crippen LogP contribution is -2.21. The number of nitrogen functional groups attached to an aromatic ring is 1. The highest BCUT2D eigenvalue weighted by atomic mass is 16.5. The third-order valence-electron chi connectivity index (χ3n) is 4.17. The second-order valence-electron chi connectivity index (χ2n) is 6.37. The van der Waals surface area contributed by atoms with Crippen LogP contribution in [0.4, 0.5) is 17.2 Å². The molecule has 162 valence electrons. The summed E-state index contributed by atoms with van der Waals surface area (Å²) in [5.74, 6) is 0.298. The summed E-state index contributed by atoms with van der Waals surface area (Å²) in [5, 5.41) is 13.1. The van der Waals surface area contributed by atoms with Gasteiger partial charge in [-0.25, -0.2) is 4.68 Å². The number of hydrogen-bond acceptors (Lipinski definition) is 7. The highest BCUT2D eigenvalue weighted by molar-refractivity contribution is 6.06. The van der Waals surface area contributed by atoms with Gasteiger partial charge in [0.2, 0.25) is 5.91 Å². The first kappa shape index (κ1) is 21.6. The number of amides is 2. The van der Waals surface area contributed by atoms with E-state index >= 15 is 0 Å². The second kappa shape index (κ2) is 10.1. The van der Waals surface area contributed by atoms with Crippen molar-refractivity contribution in [2.24, 2.45) is 0 Å². The molecule has 0 unspecified atom stereocenters. The highest BCUT2D eigenvalue weighted by Crippen LogP contribution is 2.24. The number of aromatic nitrogens is 3. The molecule has 1 heterocycles. The van der Waals surface area contributed by atoms with E-state index in [9.17, 15) is 9.59 Å². The van der Waals surface area contributed by atoms with Crippen molar-refractivity contribution in [3.63, 3.8) is 0 Å². The van der Waals surface area contributed by atoms with Crippen LogP contribution in [0.15, 0.2) is 48.5 Å². The predicted molar refractivity (Wildman–Crippen MR) is 116 cm³/mol. The Balaban J connectivity index is 1.64. The summed E-state index contributed by atoms with van der Waals surface area (Å²) in [7, 11) is 0. The Morgan fingerprint density at radius 1 is 1.00 bits per heavy atom. The molecule has 0 radical (unpaired) electrons. The van der Waals surface area contributed by atoms with Crippen molar-refractivity contribution in [1.29, 1.82) is 0 Å². The lowest BCUT2D eigenvalue weighted by molar-refractivity contribution is -0.116. The van der Waals surface area contributed by atoms with E-state index in [2.05, 4.69) is 20.9 Å². The first-order chi connectivity index (χ1) is 15.0. The van der Waals surface area contributed by atoms with Gasteiger partial charge < -0.3 is 25.8 Å². The molecule has 2 aromatic carbocycles. The predicted octanol–water partition coefficient (Wildman–Crippen LogP) is 2.55. The Morgan fingerprint density at radius 3 is 2.42 bits per heavy atom. The van der Waals surface area contributed by atoms with Crippen LogP contribution < -0.4 is 25.8 Å². The second-order valence-corrected chi connectivity index (χ2v) is 6.37. The van der Waals surface area contributed by atoms with Crippen LogP contribution >= 0.6 is 0 Å². The number of benzene rings is 2. The van der Waals surface area contributed by atoms with Gasteiger partial charge in [-0.1, -0.05) is 17.3 Å². The molecule has 0 fully saturated rings. The van der Waals surface area contributed by atoms with Crippen LogP contribution in [0.25, 0.3) is 0 Å². The molecule has 10 nitrogen and oxygen atoms in total. The van der Waals surface area contributed by atoms with Crippen LogP contribution in [0.2, 0.25) is 0 Å². The average Bonchev–Trinajstić information content (AvgIpc) is 3.11. The van der Waals surface area contributed by atoms with Crippen LogP contribution in [0, 0.1) is 0 Å². The van der Waals surface area contributed by atoms with E-state index < -0.39 is 5.91 Å². The molecule has 4 N–H and O–H groups in total. The van der Waals surface area contributed by atoms with E-state index in [4.69, 9.17) is 15.2 Å². The zero-order valence-electron chi connectivity index (χ0n) is 17.3. The number of nitrogens with one attached hydrogen (secondary N) is 2. The molecule has 3 rings (SSSR count). The van der Waals surface area contributed by atoms with Crippen molar-refractivity contribution >= 4 is 29.0 Å². The van der Waals surface area contributed by atoms with Crippen molar-refractivity contribution in [2.75, 3.05) is 29.6 Å². The molecule has 0 aliphatic carbocycles. The van der Waals surface area contributed by atoms with E-state index in [0.717, 1.165) is 4.68 Å². The summed E-state index contributed by atoms with van der Waals surface area (Å²) in [4.78, 5) is 24.9. The molecule has 0 bridgehead atoms. The monoisotopic (exact) mass is 424 g/mol. The molecular formula is C21H24N6O4. The van der Waals surface area contributed by atoms with Crippen molar-refractivity contribution < 1.29 is 19.1 Å². The Morgan fingerprint density at radius 2 is 1.71 bits per heavy atom. The van der Waals surface area contributed by atoms with E-state index in [1.165, 1.54) is 0 Å². The number of hydrogen-bond donors (Lipinski definition) is 3. The minimum atomic E-state index is -0.553. The number of ether oxygens (including phenoxy) is 2. The lowest BCUT2D eigenvalue weighted by atomic mass is 10.2. The fourth-order valence-electron chi connectivity index (χ4n) is 2.77. The summed E-state index contributed by atoms with van der Waals surface area (Å²) < 4.78 is 12.0. The fraction of sp³-hybridized carbons (Fsp3) is 0.238. The van der Waals surface area contributed by atoms with E-state index in [0.29, 0.717) is 36.1 Å². The standard InChI is InChI=1S/C21H24N6O4/c1-3-30-15-11-9-14(10-12-15)23-18(28)13-27-20(22)19(25-26-27)21(29)24-16-7-5-6-8-17(16)31-4-2/h5-12H,3-4,13,22H2,1-2H3,(H,23,28)(H,24,29). The van der Waals surface area contributed by atoms with Crippen LogP contribution in [-0.4, -0.2) is 40.0 Å². The molecular weight excluding hydrogens is 400 g/mol. The number of anilines is 3. The van der Waals surface area contributed by atoms with Crippen molar-refractivity contribution in [3.05, 3.63) is 54.2 Å². The van der Waals surface area contributed by atoms with Gasteiger partial charge in [-0.3, -0.25) is 9.59 Å². The molecule has 0 saturated heterocycles. The molecule has 10 heteroatoms. The van der Waals surface area contributed by atoms with Crippen molar-refractivity contribution in [2.45, 2.75) is 20.4 Å². The average molecular weight is 424 g/mol. The first-order valence-electron chi connectivity index (χ1n) is 9.76. The van der Waals surface area contributed by atoms with E-state index in [1.807, 2.05) is 13.8 Å². The number of nitrogens with two attached hydrogens (primary N) is 1. The summed E-state index contributed by atoms with van der Waals surface area (Å²) in [6.07, 6.45) is 0. The summed E-state index contributed by atoms with van der Waals surface area (Å²) >= 11 is 0. The topological polar surface area (TPSA) is 133 Å². The van der Waals surface area contributed by atoms with Gasteiger partial charge in [-0.05, 0) is 50.2 Å². The van der Waals surface area contributed by atoms with Gasteiger partial charge in [0, 0.05) is 5.69 Å². The van der Waals surface area contributed by atoms with Crippen molar-refractivity contribution in [3.8, 4) is 11.5 Å². The molecule has 0 aliphatic rings. The van der Waals surface area contributed by atoms with E-state index in [1.54, 1.807) is 48.5 Å². The number of nitrogens with zero attached hydrogens (tertiary/aromatic N) is 3. The largest absolute Gasteiger partial charge is 0.494 e. The van der Waals surface area contributed by atoms with Crippen LogP contribution in [-0.2, 0) is 11.3 Å². The minimum Gasteiger partial charge on any atom is -0.494 e. The Hall–Kier alpha value is -4.08. The maximum atomic E-state index is 12.6. The highest BCUT2D eigenvalue weighted by Gasteiger charge is 2.20. The Bertz CT molecular complexity index is 1050. The molecule has 0 atom stereocenters. The van der Waals surface area contributed by atoms with Gasteiger partial charge in [0.1, 0.15) is 18.0 Å². The summed E-state index contributed by atoms with van der Waals surface area (Å²) in [6.45, 7) is 4.55. The van der Waals surface area contributed by atoms with Gasteiger partial charge in [0.25, 0.3) is 5.91 Å². The van der Waals surface area contributed by atoms with Gasteiger partial charge in [-0.2, -0.15) is 0 Å². The van der Waals surface area contributed by atoms with Gasteiger partial charge in [0.05, 0.1) is 18.9 Å². The quantitative estimate of drug-likeness (QED) is 0.481. The van der Waals surface area contributed by atoms with Gasteiger partial charge in [-0.15, -0.1) is 5.10 Å². The summed E-state index contributed by atoms with van der Waals surface area (Å²) in [5.41, 5.74) is 6.99. The molecule has 0 spiro atoms. The molecule has 31 heavy (non-hydrogen) atoms. The number of rotatable bonds is 9. The molecule has 1 aromatic heterocycles. The van der Waals surface area contributed by atoms with Gasteiger partial charge >= 0.3 is 0 Å². The fourth-order valence-corrected chi connectivity index (χ4v) is 2.77. The Labute approximate surface area is 179 Å². The number of para-hydroxylation sites is 2. The first-order valence-corrected chi connectivity index (χ1v) is 9.76. The molecule has 0 saturated carbocycles. The van der Waals surface area contributed by atoms with E-state index in [-0.39, 0.29) is 24.0 Å². The van der Waals surface area contributed by atoms with Crippen LogP contribution in [0.1, 0.15) is 24.3 Å². The normalized spacial score (nSPS) is 10.4. The zero-order chi connectivity index (χ0) is 22.2. The third kappa shape index (κ3) is 5.50. The van der Waals surface area contributed by atoms with Crippen molar-refractivity contribution in [1.82, 2.24) is 15.0 Å². The van der Waals surface area contributed by atoms with Crippen LogP contribution in [0.5, 0.6) is 11.5 Å². The summed E-state index contributed by atoms with van der Waals surface area (Å²) in [6, 6.07) is 14.0. The maximum absolute atomic E-state index is 12.6. The van der Waals surface area contributed by atoms with Gasteiger partial charge in [0.15, 0.2) is 11.5 Å². The zero-order valence-corrected chi connectivity index (χ0v) is 17.3. The molecule has 3 aromatic rings. The molecule has 2 amide bonds. The number of carbonyl (C=O) groups excluding carboxylic acids is 2. The smallest absolute Gasteiger partial charge is 0.280 e. The third-order valence-corrected chi connectivity index (χ3v) is 4.17.